The topological polar surface area (TPSA) is 116 Å². The summed E-state index contributed by atoms with van der Waals surface area (Å²) < 4.78 is 43.4. The van der Waals surface area contributed by atoms with Crippen LogP contribution in [-0.2, 0) is 24.1 Å². The molecule has 2 rings (SSSR count). The first kappa shape index (κ1) is 16.5. The molecule has 0 spiro atoms. The number of nitrogens with zero attached hydrogens (tertiary/aromatic N) is 3. The minimum absolute atomic E-state index is 0.0420. The third kappa shape index (κ3) is 4.08. The number of carbonyl (C=O) groups excluding carboxylic acids is 2. The van der Waals surface area contributed by atoms with E-state index in [1.54, 1.807) is 0 Å². The molecule has 0 aliphatic heterocycles. The first-order chi connectivity index (χ1) is 10.7. The zero-order valence-electron chi connectivity index (χ0n) is 11.8. The van der Waals surface area contributed by atoms with Crippen LogP contribution in [0.2, 0.25) is 0 Å². The van der Waals surface area contributed by atoms with Crippen LogP contribution in [0.4, 0.5) is 13.2 Å². The number of nitrogens with one attached hydrogen (secondary N) is 1. The SMILES string of the molecule is Cc1cc(C(F)(F)F)nn1CC(=O)NCc1nc(C(N)=O)co1. The Morgan fingerprint density at radius 1 is 1.43 bits per heavy atom. The zero-order valence-corrected chi connectivity index (χ0v) is 11.8. The maximum absolute atomic E-state index is 12.5. The van der Waals surface area contributed by atoms with E-state index in [2.05, 4.69) is 15.4 Å². The minimum Gasteiger partial charge on any atom is -0.446 e. The Labute approximate surface area is 127 Å². The van der Waals surface area contributed by atoms with Gasteiger partial charge in [-0.05, 0) is 13.0 Å². The number of alkyl halides is 3. The lowest BCUT2D eigenvalue weighted by atomic mass is 10.3. The fourth-order valence-corrected chi connectivity index (χ4v) is 1.68. The highest BCUT2D eigenvalue weighted by atomic mass is 19.4. The molecule has 0 aliphatic carbocycles. The van der Waals surface area contributed by atoms with Crippen LogP contribution in [0, 0.1) is 6.92 Å². The van der Waals surface area contributed by atoms with Crippen LogP contribution in [-0.4, -0.2) is 26.6 Å². The van der Waals surface area contributed by atoms with Gasteiger partial charge in [-0.3, -0.25) is 14.3 Å². The number of nitrogens with two attached hydrogens (primary N) is 1. The van der Waals surface area contributed by atoms with Crippen molar-refractivity contribution in [2.45, 2.75) is 26.2 Å². The Morgan fingerprint density at radius 2 is 2.13 bits per heavy atom. The fourth-order valence-electron chi connectivity index (χ4n) is 1.68. The van der Waals surface area contributed by atoms with Crippen LogP contribution in [0.25, 0.3) is 0 Å². The van der Waals surface area contributed by atoms with Crippen molar-refractivity contribution in [3.8, 4) is 0 Å². The van der Waals surface area contributed by atoms with Crippen molar-refractivity contribution >= 4 is 11.8 Å². The molecule has 0 aromatic carbocycles. The molecule has 0 bridgehead atoms. The monoisotopic (exact) mass is 331 g/mol. The second kappa shape index (κ2) is 6.10. The van der Waals surface area contributed by atoms with Crippen molar-refractivity contribution in [3.05, 3.63) is 35.3 Å². The number of amides is 2. The van der Waals surface area contributed by atoms with E-state index in [9.17, 15) is 22.8 Å². The lowest BCUT2D eigenvalue weighted by molar-refractivity contribution is -0.141. The minimum atomic E-state index is -4.57. The number of hydrogen-bond donors (Lipinski definition) is 2. The van der Waals surface area contributed by atoms with E-state index in [0.717, 1.165) is 17.0 Å². The molecule has 0 radical (unpaired) electrons. The molecule has 11 heteroatoms. The van der Waals surface area contributed by atoms with E-state index in [1.807, 2.05) is 0 Å². The maximum Gasteiger partial charge on any atom is 0.435 e. The molecule has 8 nitrogen and oxygen atoms in total. The fraction of sp³-hybridized carbons (Fsp3) is 0.333. The average molecular weight is 331 g/mol. The van der Waals surface area contributed by atoms with Crippen LogP contribution >= 0.6 is 0 Å². The molecule has 2 heterocycles. The predicted molar refractivity (Wildman–Crippen MR) is 68.8 cm³/mol. The molecule has 124 valence electrons. The summed E-state index contributed by atoms with van der Waals surface area (Å²) in [6.45, 7) is 0.868. The lowest BCUT2D eigenvalue weighted by Gasteiger charge is -2.05. The van der Waals surface area contributed by atoms with Gasteiger partial charge in [0, 0.05) is 5.69 Å². The third-order valence-electron chi connectivity index (χ3n) is 2.81. The van der Waals surface area contributed by atoms with Crippen LogP contribution in [0.3, 0.4) is 0 Å². The molecule has 3 N–H and O–H groups in total. The van der Waals surface area contributed by atoms with Gasteiger partial charge in [0.15, 0.2) is 11.4 Å². The quantitative estimate of drug-likeness (QED) is 0.833. The number of hydrogen-bond acceptors (Lipinski definition) is 5. The van der Waals surface area contributed by atoms with E-state index in [4.69, 9.17) is 10.2 Å². The van der Waals surface area contributed by atoms with E-state index in [1.165, 1.54) is 6.92 Å². The summed E-state index contributed by atoms with van der Waals surface area (Å²) in [4.78, 5) is 26.3. The van der Waals surface area contributed by atoms with Crippen molar-refractivity contribution in [2.24, 2.45) is 5.73 Å². The van der Waals surface area contributed by atoms with Gasteiger partial charge < -0.3 is 15.5 Å². The van der Waals surface area contributed by atoms with E-state index in [-0.39, 0.29) is 23.8 Å². The molecular weight excluding hydrogens is 319 g/mol. The Bertz CT molecular complexity index is 735. The lowest BCUT2D eigenvalue weighted by Crippen LogP contribution is -2.28. The number of oxazole rings is 1. The summed E-state index contributed by atoms with van der Waals surface area (Å²) in [5, 5.41) is 5.72. The second-order valence-corrected chi connectivity index (χ2v) is 4.59. The highest BCUT2D eigenvalue weighted by molar-refractivity contribution is 5.90. The summed E-state index contributed by atoms with van der Waals surface area (Å²) in [6, 6.07) is 0.848. The average Bonchev–Trinajstić information content (AvgIpc) is 3.04. The number of halogens is 3. The van der Waals surface area contributed by atoms with Crippen molar-refractivity contribution in [2.75, 3.05) is 0 Å². The number of primary amides is 1. The summed E-state index contributed by atoms with van der Waals surface area (Å²) in [5.74, 6) is -1.33. The standard InChI is InChI=1S/C12H12F3N5O3/c1-6-2-8(12(13,14)15)19-20(6)4-9(21)17-3-10-18-7(5-23-10)11(16)22/h2,5H,3-4H2,1H3,(H2,16,22)(H,17,21). The van der Waals surface area contributed by atoms with Crippen LogP contribution < -0.4 is 11.1 Å². The second-order valence-electron chi connectivity index (χ2n) is 4.59. The normalized spacial score (nSPS) is 11.5. The van der Waals surface area contributed by atoms with Gasteiger partial charge in [-0.2, -0.15) is 18.3 Å². The summed E-state index contributed by atoms with van der Waals surface area (Å²) >= 11 is 0. The van der Waals surface area contributed by atoms with E-state index in [0.29, 0.717) is 0 Å². The first-order valence-corrected chi connectivity index (χ1v) is 6.29. The Hall–Kier alpha value is -2.85. The van der Waals surface area contributed by atoms with Gasteiger partial charge >= 0.3 is 6.18 Å². The largest absolute Gasteiger partial charge is 0.446 e. The molecular formula is C12H12F3N5O3. The van der Waals surface area contributed by atoms with Gasteiger partial charge in [-0.15, -0.1) is 0 Å². The van der Waals surface area contributed by atoms with Gasteiger partial charge in [0.2, 0.25) is 11.8 Å². The molecule has 0 unspecified atom stereocenters. The van der Waals surface area contributed by atoms with Gasteiger partial charge in [-0.1, -0.05) is 0 Å². The zero-order chi connectivity index (χ0) is 17.2. The summed E-state index contributed by atoms with van der Waals surface area (Å²) in [6.07, 6.45) is -3.53. The van der Waals surface area contributed by atoms with Crippen molar-refractivity contribution in [1.29, 1.82) is 0 Å². The molecule has 0 fully saturated rings. The molecule has 2 aromatic heterocycles. The maximum atomic E-state index is 12.5. The Kier molecular flexibility index (Phi) is 4.38. The number of rotatable bonds is 5. The molecule has 0 saturated carbocycles. The molecule has 0 saturated heterocycles. The van der Waals surface area contributed by atoms with Gasteiger partial charge in [0.05, 0.1) is 6.54 Å². The predicted octanol–water partition coefficient (Wildman–Crippen LogP) is 0.614. The number of aryl methyl sites for hydroxylation is 1. The smallest absolute Gasteiger partial charge is 0.435 e. The third-order valence-corrected chi connectivity index (χ3v) is 2.81. The molecule has 2 aromatic rings. The summed E-state index contributed by atoms with van der Waals surface area (Å²) in [5.41, 5.74) is 4.02. The molecule has 2 amide bonds. The van der Waals surface area contributed by atoms with Gasteiger partial charge in [-0.25, -0.2) is 4.98 Å². The van der Waals surface area contributed by atoms with Crippen molar-refractivity contribution in [3.63, 3.8) is 0 Å². The highest BCUT2D eigenvalue weighted by Crippen LogP contribution is 2.28. The molecule has 23 heavy (non-hydrogen) atoms. The highest BCUT2D eigenvalue weighted by Gasteiger charge is 2.34. The van der Waals surface area contributed by atoms with Gasteiger partial charge in [0.25, 0.3) is 5.91 Å². The van der Waals surface area contributed by atoms with E-state index < -0.39 is 30.2 Å². The van der Waals surface area contributed by atoms with Crippen LogP contribution in [0.5, 0.6) is 0 Å². The van der Waals surface area contributed by atoms with Crippen molar-refractivity contribution in [1.82, 2.24) is 20.1 Å². The number of aromatic nitrogens is 3. The Morgan fingerprint density at radius 3 is 2.65 bits per heavy atom. The van der Waals surface area contributed by atoms with Crippen LogP contribution in [0.1, 0.15) is 27.8 Å². The first-order valence-electron chi connectivity index (χ1n) is 6.29. The Balaban J connectivity index is 1.94. The van der Waals surface area contributed by atoms with Crippen LogP contribution in [0.15, 0.2) is 16.7 Å². The van der Waals surface area contributed by atoms with Crippen molar-refractivity contribution < 1.29 is 27.2 Å². The molecule has 0 aliphatic rings. The van der Waals surface area contributed by atoms with Gasteiger partial charge in [0.1, 0.15) is 12.8 Å². The number of carbonyl (C=O) groups is 2. The summed E-state index contributed by atoms with van der Waals surface area (Å²) in [7, 11) is 0. The van der Waals surface area contributed by atoms with E-state index >= 15 is 0 Å². The molecule has 0 atom stereocenters.